The van der Waals surface area contributed by atoms with Crippen molar-refractivity contribution in [2.75, 3.05) is 5.32 Å². The quantitative estimate of drug-likeness (QED) is 0.275. The van der Waals surface area contributed by atoms with Gasteiger partial charge in [-0.1, -0.05) is 74.3 Å². The number of hydrogen-bond acceptors (Lipinski definition) is 4. The molecule has 1 aliphatic rings. The zero-order valence-corrected chi connectivity index (χ0v) is 24.2. The maximum atomic E-state index is 15.7. The second kappa shape index (κ2) is 11.8. The highest BCUT2D eigenvalue weighted by Gasteiger charge is 2.61. The smallest absolute Gasteiger partial charge is 0.307 e. The monoisotopic (exact) mass is 599 g/mol. The molecular formula is C31H29Cl2F2N3O3. The number of halogens is 4. The standard InChI is InChI=1S/C31H29Cl2F2N3O3/c1-30(2,3)15-24-31(16-36,21-12-9-18(32)14-23(21)34)26(20-5-4-6-22(33)27(20)35)28(38-24)29(41)37-19-10-7-17(8-11-19)13-25(39)40/h4-12,14,24,26,28,38H,13,15H2,1-3H3,(H,37,41)(H,39,40)/t24?,26?,28?,31-/m0/s1. The van der Waals surface area contributed by atoms with E-state index in [1.165, 1.54) is 30.3 Å². The lowest BCUT2D eigenvalue weighted by atomic mass is 9.62. The zero-order valence-electron chi connectivity index (χ0n) is 22.6. The topological polar surface area (TPSA) is 102 Å². The molecule has 6 nitrogen and oxygen atoms in total. The lowest BCUT2D eigenvalue weighted by Gasteiger charge is -2.37. The molecule has 1 fully saturated rings. The Kier molecular flexibility index (Phi) is 8.74. The predicted molar refractivity (Wildman–Crippen MR) is 154 cm³/mol. The van der Waals surface area contributed by atoms with Crippen molar-refractivity contribution in [2.45, 2.75) is 57.0 Å². The summed E-state index contributed by atoms with van der Waals surface area (Å²) in [6.07, 6.45) is 0.162. The van der Waals surface area contributed by atoms with Crippen LogP contribution in [0.25, 0.3) is 0 Å². The predicted octanol–water partition coefficient (Wildman–Crippen LogP) is 6.86. The van der Waals surface area contributed by atoms with Gasteiger partial charge in [-0.2, -0.15) is 5.26 Å². The summed E-state index contributed by atoms with van der Waals surface area (Å²) in [5.41, 5.74) is -1.21. The lowest BCUT2D eigenvalue weighted by molar-refractivity contribution is -0.136. The molecule has 3 unspecified atom stereocenters. The number of hydrogen-bond donors (Lipinski definition) is 3. The fraction of sp³-hybridized carbons (Fsp3) is 0.323. The third-order valence-corrected chi connectivity index (χ3v) is 7.84. The molecule has 214 valence electrons. The van der Waals surface area contributed by atoms with Crippen LogP contribution in [0.1, 0.15) is 49.8 Å². The van der Waals surface area contributed by atoms with Gasteiger partial charge in [-0.15, -0.1) is 0 Å². The minimum atomic E-state index is -1.74. The van der Waals surface area contributed by atoms with Crippen LogP contribution in [-0.2, 0) is 21.4 Å². The molecule has 1 amide bonds. The van der Waals surface area contributed by atoms with E-state index in [2.05, 4.69) is 16.7 Å². The molecule has 3 aromatic carbocycles. The van der Waals surface area contributed by atoms with Crippen LogP contribution in [0.5, 0.6) is 0 Å². The first-order valence-electron chi connectivity index (χ1n) is 12.9. The molecule has 3 aromatic rings. The van der Waals surface area contributed by atoms with E-state index >= 15 is 8.78 Å². The number of anilines is 1. The van der Waals surface area contributed by atoms with Crippen molar-refractivity contribution in [1.82, 2.24) is 5.32 Å². The van der Waals surface area contributed by atoms with Gasteiger partial charge in [0.05, 0.1) is 23.6 Å². The van der Waals surface area contributed by atoms with E-state index in [4.69, 9.17) is 28.3 Å². The third kappa shape index (κ3) is 6.23. The molecule has 0 radical (unpaired) electrons. The maximum Gasteiger partial charge on any atom is 0.307 e. The summed E-state index contributed by atoms with van der Waals surface area (Å²) in [6.45, 7) is 5.86. The summed E-state index contributed by atoms with van der Waals surface area (Å²) in [5.74, 6) is -4.31. The molecule has 0 aromatic heterocycles. The number of carbonyl (C=O) groups excluding carboxylic acids is 1. The van der Waals surface area contributed by atoms with Crippen LogP contribution in [0.3, 0.4) is 0 Å². The van der Waals surface area contributed by atoms with Crippen molar-refractivity contribution in [3.63, 3.8) is 0 Å². The summed E-state index contributed by atoms with van der Waals surface area (Å²) in [7, 11) is 0. The normalized spacial score (nSPS) is 22.2. The maximum absolute atomic E-state index is 15.7. The molecule has 1 heterocycles. The highest BCUT2D eigenvalue weighted by molar-refractivity contribution is 6.31. The number of rotatable bonds is 7. The van der Waals surface area contributed by atoms with Gasteiger partial charge in [0.1, 0.15) is 17.0 Å². The Morgan fingerprint density at radius 2 is 1.78 bits per heavy atom. The summed E-state index contributed by atoms with van der Waals surface area (Å²) >= 11 is 12.2. The molecule has 3 N–H and O–H groups in total. The molecule has 4 atom stereocenters. The fourth-order valence-electron chi connectivity index (χ4n) is 5.66. The van der Waals surface area contributed by atoms with E-state index < -0.39 is 46.9 Å². The van der Waals surface area contributed by atoms with Crippen molar-refractivity contribution < 1.29 is 23.5 Å². The number of nitriles is 1. The number of nitrogens with one attached hydrogen (secondary N) is 2. The summed E-state index contributed by atoms with van der Waals surface area (Å²) in [5, 5.41) is 25.9. The highest BCUT2D eigenvalue weighted by atomic mass is 35.5. The van der Waals surface area contributed by atoms with Crippen LogP contribution < -0.4 is 10.6 Å². The number of carboxylic acid groups (broad SMARTS) is 1. The Morgan fingerprint density at radius 1 is 1.10 bits per heavy atom. The summed E-state index contributed by atoms with van der Waals surface area (Å²) in [6, 6.07) is 14.9. The van der Waals surface area contributed by atoms with Gasteiger partial charge in [0.2, 0.25) is 5.91 Å². The largest absolute Gasteiger partial charge is 0.481 e. The molecular weight excluding hydrogens is 571 g/mol. The van der Waals surface area contributed by atoms with Crippen molar-refractivity contribution in [3.05, 3.63) is 99.0 Å². The molecule has 0 spiro atoms. The molecule has 1 saturated heterocycles. The average molecular weight is 600 g/mol. The van der Waals surface area contributed by atoms with Gasteiger partial charge in [0, 0.05) is 28.2 Å². The van der Waals surface area contributed by atoms with Crippen LogP contribution in [0.15, 0.2) is 60.7 Å². The molecule has 4 rings (SSSR count). The number of carboxylic acids is 1. The van der Waals surface area contributed by atoms with Crippen LogP contribution in [-0.4, -0.2) is 29.1 Å². The molecule has 41 heavy (non-hydrogen) atoms. The molecule has 0 aliphatic carbocycles. The van der Waals surface area contributed by atoms with E-state index in [9.17, 15) is 14.9 Å². The van der Waals surface area contributed by atoms with Crippen LogP contribution in [0.2, 0.25) is 10.0 Å². The van der Waals surface area contributed by atoms with Gasteiger partial charge < -0.3 is 15.7 Å². The SMILES string of the molecule is CC(C)(C)CC1NC(C(=O)Nc2ccc(CC(=O)O)cc2)C(c2cccc(Cl)c2F)[C@@]1(C#N)c1ccc(Cl)cc1F. The Morgan fingerprint density at radius 3 is 2.37 bits per heavy atom. The van der Waals surface area contributed by atoms with E-state index in [1.807, 2.05) is 20.8 Å². The summed E-state index contributed by atoms with van der Waals surface area (Å²) < 4.78 is 31.4. The zero-order chi connectivity index (χ0) is 30.1. The van der Waals surface area contributed by atoms with E-state index in [0.29, 0.717) is 17.7 Å². The Bertz CT molecular complexity index is 1520. The molecule has 0 saturated carbocycles. The van der Waals surface area contributed by atoms with E-state index in [1.54, 1.807) is 24.3 Å². The van der Waals surface area contributed by atoms with Crippen LogP contribution in [0, 0.1) is 28.4 Å². The van der Waals surface area contributed by atoms with Crippen LogP contribution in [0.4, 0.5) is 14.5 Å². The van der Waals surface area contributed by atoms with Crippen molar-refractivity contribution in [2.24, 2.45) is 5.41 Å². The lowest BCUT2D eigenvalue weighted by Crippen LogP contribution is -2.45. The molecule has 0 bridgehead atoms. The van der Waals surface area contributed by atoms with Gasteiger partial charge in [0.15, 0.2) is 0 Å². The molecule has 10 heteroatoms. The van der Waals surface area contributed by atoms with Crippen molar-refractivity contribution in [3.8, 4) is 6.07 Å². The van der Waals surface area contributed by atoms with Gasteiger partial charge in [-0.3, -0.25) is 9.59 Å². The van der Waals surface area contributed by atoms with E-state index in [-0.39, 0.29) is 33.0 Å². The Labute approximate surface area is 247 Å². The van der Waals surface area contributed by atoms with E-state index in [0.717, 1.165) is 6.07 Å². The van der Waals surface area contributed by atoms with Gasteiger partial charge >= 0.3 is 5.97 Å². The first kappa shape index (κ1) is 30.4. The van der Waals surface area contributed by atoms with Gasteiger partial charge in [-0.25, -0.2) is 8.78 Å². The molecule has 1 aliphatic heterocycles. The highest BCUT2D eigenvalue weighted by Crippen LogP contribution is 2.52. The number of aliphatic carboxylic acids is 1. The number of nitrogens with zero attached hydrogens (tertiary/aromatic N) is 1. The third-order valence-electron chi connectivity index (χ3n) is 7.31. The number of benzene rings is 3. The average Bonchev–Trinajstić information content (AvgIpc) is 3.19. The Hall–Kier alpha value is -3.51. The number of carbonyl (C=O) groups is 2. The minimum Gasteiger partial charge on any atom is -0.481 e. The van der Waals surface area contributed by atoms with Crippen molar-refractivity contribution >= 4 is 40.8 Å². The summed E-state index contributed by atoms with van der Waals surface area (Å²) in [4.78, 5) is 24.9. The second-order valence-electron chi connectivity index (χ2n) is 11.4. The van der Waals surface area contributed by atoms with Crippen molar-refractivity contribution in [1.29, 1.82) is 5.26 Å². The second-order valence-corrected chi connectivity index (χ2v) is 12.3. The van der Waals surface area contributed by atoms with Gasteiger partial charge in [0.25, 0.3) is 0 Å². The first-order valence-corrected chi connectivity index (χ1v) is 13.7. The van der Waals surface area contributed by atoms with Crippen LogP contribution >= 0.6 is 23.2 Å². The Balaban J connectivity index is 1.89. The fourth-order valence-corrected chi connectivity index (χ4v) is 6.00. The minimum absolute atomic E-state index is 0.00531. The van der Waals surface area contributed by atoms with Gasteiger partial charge in [-0.05, 0) is 53.3 Å². The first-order chi connectivity index (χ1) is 19.3. The number of amides is 1.